The second-order valence-electron chi connectivity index (χ2n) is 4.44. The molecule has 0 atom stereocenters. The molecular weight excluding hydrogens is 264 g/mol. The van der Waals surface area contributed by atoms with Crippen molar-refractivity contribution in [2.24, 2.45) is 0 Å². The lowest BCUT2D eigenvalue weighted by molar-refractivity contribution is 0.991. The number of benzene rings is 2. The van der Waals surface area contributed by atoms with E-state index in [0.717, 1.165) is 29.6 Å². The van der Waals surface area contributed by atoms with Crippen LogP contribution in [0.2, 0.25) is 0 Å². The summed E-state index contributed by atoms with van der Waals surface area (Å²) >= 11 is 5.71. The average Bonchev–Trinajstić information content (AvgIpc) is 2.51. The van der Waals surface area contributed by atoms with Crippen molar-refractivity contribution in [1.29, 1.82) is 0 Å². The van der Waals surface area contributed by atoms with Crippen molar-refractivity contribution in [3.05, 3.63) is 60.7 Å². The summed E-state index contributed by atoms with van der Waals surface area (Å²) in [6.07, 6.45) is 0. The minimum atomic E-state index is 0.840. The van der Waals surface area contributed by atoms with Crippen LogP contribution in [0.25, 0.3) is 0 Å². The molecule has 2 rings (SSSR count). The first-order chi connectivity index (χ1) is 9.77. The monoisotopic (exact) mass is 284 g/mol. The van der Waals surface area contributed by atoms with Gasteiger partial charge in [-0.2, -0.15) is 0 Å². The minimum absolute atomic E-state index is 0.840. The molecule has 0 radical (unpaired) electrons. The fourth-order valence-corrected chi connectivity index (χ4v) is 2.69. The first-order valence-corrected chi connectivity index (χ1v) is 7.37. The quantitative estimate of drug-likeness (QED) is 0.772. The molecule has 0 fully saturated rings. The van der Waals surface area contributed by atoms with Crippen LogP contribution in [0.4, 0.5) is 11.4 Å². The molecule has 0 saturated carbocycles. The Labute approximate surface area is 126 Å². The third kappa shape index (κ3) is 3.17. The molecule has 20 heavy (non-hydrogen) atoms. The molecule has 3 heteroatoms. The lowest BCUT2D eigenvalue weighted by Crippen LogP contribution is -2.43. The van der Waals surface area contributed by atoms with E-state index >= 15 is 0 Å². The van der Waals surface area contributed by atoms with Crippen LogP contribution in [0.3, 0.4) is 0 Å². The summed E-state index contributed by atoms with van der Waals surface area (Å²) in [7, 11) is 0. The summed E-state index contributed by atoms with van der Waals surface area (Å²) < 4.78 is 0. The van der Waals surface area contributed by atoms with Crippen LogP contribution in [0.5, 0.6) is 0 Å². The van der Waals surface area contributed by atoms with Gasteiger partial charge >= 0.3 is 0 Å². The molecule has 0 saturated heterocycles. The van der Waals surface area contributed by atoms with E-state index in [4.69, 9.17) is 12.2 Å². The van der Waals surface area contributed by atoms with Gasteiger partial charge in [0.15, 0.2) is 5.11 Å². The van der Waals surface area contributed by atoms with Gasteiger partial charge in [-0.3, -0.25) is 0 Å². The highest BCUT2D eigenvalue weighted by atomic mass is 32.1. The average molecular weight is 284 g/mol. The molecule has 2 aromatic rings. The van der Waals surface area contributed by atoms with Crippen molar-refractivity contribution >= 4 is 28.7 Å². The Morgan fingerprint density at radius 3 is 1.40 bits per heavy atom. The summed E-state index contributed by atoms with van der Waals surface area (Å²) in [5.41, 5.74) is 2.27. The van der Waals surface area contributed by atoms with Crippen LogP contribution in [-0.2, 0) is 0 Å². The van der Waals surface area contributed by atoms with Gasteiger partial charge in [0.1, 0.15) is 0 Å². The van der Waals surface area contributed by atoms with E-state index in [1.54, 1.807) is 0 Å². The summed E-state index contributed by atoms with van der Waals surface area (Å²) in [4.78, 5) is 4.32. The zero-order valence-electron chi connectivity index (χ0n) is 12.0. The molecule has 2 nitrogen and oxygen atoms in total. The van der Waals surface area contributed by atoms with Gasteiger partial charge in [0.25, 0.3) is 0 Å². The van der Waals surface area contributed by atoms with Crippen molar-refractivity contribution in [2.45, 2.75) is 13.8 Å². The maximum absolute atomic E-state index is 5.71. The zero-order chi connectivity index (χ0) is 14.4. The summed E-state index contributed by atoms with van der Waals surface area (Å²) in [5.74, 6) is 0. The molecule has 0 unspecified atom stereocenters. The van der Waals surface area contributed by atoms with E-state index < -0.39 is 0 Å². The topological polar surface area (TPSA) is 6.48 Å². The van der Waals surface area contributed by atoms with E-state index in [2.05, 4.69) is 47.9 Å². The largest absolute Gasteiger partial charge is 0.319 e. The number of para-hydroxylation sites is 2. The molecule has 0 spiro atoms. The lowest BCUT2D eigenvalue weighted by atomic mass is 10.2. The standard InChI is InChI=1S/C17H20N2S/c1-3-18(15-11-7-5-8-12-15)17(20)19(4-2)16-13-9-6-10-14-16/h5-14H,3-4H2,1-2H3. The Bertz CT molecular complexity index is 490. The third-order valence-corrected chi connectivity index (χ3v) is 3.67. The van der Waals surface area contributed by atoms with Crippen LogP contribution < -0.4 is 9.80 Å². The van der Waals surface area contributed by atoms with Gasteiger partial charge in [-0.15, -0.1) is 0 Å². The van der Waals surface area contributed by atoms with E-state index in [1.807, 2.05) is 36.4 Å². The van der Waals surface area contributed by atoms with Crippen molar-refractivity contribution in [2.75, 3.05) is 22.9 Å². The van der Waals surface area contributed by atoms with Crippen LogP contribution >= 0.6 is 12.2 Å². The van der Waals surface area contributed by atoms with Gasteiger partial charge in [0, 0.05) is 24.5 Å². The molecule has 0 heterocycles. The number of rotatable bonds is 4. The van der Waals surface area contributed by atoms with Crippen LogP contribution in [-0.4, -0.2) is 18.2 Å². The molecular formula is C17H20N2S. The fraction of sp³-hybridized carbons (Fsp3) is 0.235. The third-order valence-electron chi connectivity index (χ3n) is 3.23. The van der Waals surface area contributed by atoms with Gasteiger partial charge in [-0.05, 0) is 50.3 Å². The maximum Gasteiger partial charge on any atom is 0.180 e. The van der Waals surface area contributed by atoms with Crippen LogP contribution in [0, 0.1) is 0 Å². The van der Waals surface area contributed by atoms with Gasteiger partial charge in [0.05, 0.1) is 0 Å². The molecule has 2 aromatic carbocycles. The smallest absolute Gasteiger partial charge is 0.180 e. The first kappa shape index (κ1) is 14.5. The highest BCUT2D eigenvalue weighted by molar-refractivity contribution is 7.80. The molecule has 0 aliphatic rings. The van der Waals surface area contributed by atoms with Crippen molar-refractivity contribution in [3.63, 3.8) is 0 Å². The molecule has 0 bridgehead atoms. The Hall–Kier alpha value is -1.87. The zero-order valence-corrected chi connectivity index (χ0v) is 12.8. The molecule has 0 aliphatic carbocycles. The molecule has 0 aromatic heterocycles. The molecule has 104 valence electrons. The van der Waals surface area contributed by atoms with Crippen LogP contribution in [0.1, 0.15) is 13.8 Å². The number of nitrogens with zero attached hydrogens (tertiary/aromatic N) is 2. The minimum Gasteiger partial charge on any atom is -0.319 e. The maximum atomic E-state index is 5.71. The second-order valence-corrected chi connectivity index (χ2v) is 4.81. The van der Waals surface area contributed by atoms with Crippen molar-refractivity contribution in [1.82, 2.24) is 0 Å². The molecule has 0 amide bonds. The Kier molecular flexibility index (Phi) is 5.13. The number of hydrogen-bond donors (Lipinski definition) is 0. The Morgan fingerprint density at radius 2 is 1.10 bits per heavy atom. The fourth-order valence-electron chi connectivity index (χ4n) is 2.22. The normalized spacial score (nSPS) is 10.1. The lowest BCUT2D eigenvalue weighted by Gasteiger charge is -2.32. The number of thiocarbonyl (C=S) groups is 1. The van der Waals surface area contributed by atoms with Gasteiger partial charge in [0.2, 0.25) is 0 Å². The summed E-state index contributed by atoms with van der Waals surface area (Å²) in [5, 5.41) is 0.840. The van der Waals surface area contributed by atoms with Crippen molar-refractivity contribution < 1.29 is 0 Å². The highest BCUT2D eigenvalue weighted by Gasteiger charge is 2.17. The predicted octanol–water partition coefficient (Wildman–Crippen LogP) is 4.32. The van der Waals surface area contributed by atoms with Gasteiger partial charge in [-0.1, -0.05) is 36.4 Å². The van der Waals surface area contributed by atoms with E-state index in [1.165, 1.54) is 0 Å². The Morgan fingerprint density at radius 1 is 0.750 bits per heavy atom. The second kappa shape index (κ2) is 7.06. The molecule has 0 aliphatic heterocycles. The van der Waals surface area contributed by atoms with E-state index in [-0.39, 0.29) is 0 Å². The summed E-state index contributed by atoms with van der Waals surface area (Å²) in [6, 6.07) is 20.6. The SMILES string of the molecule is CCN(C(=S)N(CC)c1ccccc1)c1ccccc1. The predicted molar refractivity (Wildman–Crippen MR) is 91.5 cm³/mol. The highest BCUT2D eigenvalue weighted by Crippen LogP contribution is 2.20. The Balaban J connectivity index is 2.28. The van der Waals surface area contributed by atoms with E-state index in [0.29, 0.717) is 0 Å². The van der Waals surface area contributed by atoms with E-state index in [9.17, 15) is 0 Å². The van der Waals surface area contributed by atoms with Crippen LogP contribution in [0.15, 0.2) is 60.7 Å². The summed E-state index contributed by atoms with van der Waals surface area (Å²) in [6.45, 7) is 5.95. The first-order valence-electron chi connectivity index (χ1n) is 6.97. The number of hydrogen-bond acceptors (Lipinski definition) is 1. The van der Waals surface area contributed by atoms with Gasteiger partial charge in [-0.25, -0.2) is 0 Å². The number of anilines is 2. The molecule has 0 N–H and O–H groups in total. The van der Waals surface area contributed by atoms with Crippen molar-refractivity contribution in [3.8, 4) is 0 Å². The van der Waals surface area contributed by atoms with Gasteiger partial charge < -0.3 is 9.80 Å².